The Morgan fingerprint density at radius 1 is 1.11 bits per heavy atom. The lowest BCUT2D eigenvalue weighted by atomic mass is 9.80. The SMILES string of the molecule is CCNCCC(C)(C)c1c(OC)cccc1OC. The zero-order chi connectivity index (χ0) is 13.6. The molecule has 0 amide bonds. The summed E-state index contributed by atoms with van der Waals surface area (Å²) < 4.78 is 11.0. The summed E-state index contributed by atoms with van der Waals surface area (Å²) in [6.45, 7) is 8.57. The summed E-state index contributed by atoms with van der Waals surface area (Å²) in [5, 5.41) is 3.37. The highest BCUT2D eigenvalue weighted by molar-refractivity contribution is 5.49. The van der Waals surface area contributed by atoms with Crippen molar-refractivity contribution in [3.05, 3.63) is 23.8 Å². The van der Waals surface area contributed by atoms with Gasteiger partial charge in [0.05, 0.1) is 14.2 Å². The Hall–Kier alpha value is -1.22. The predicted octanol–water partition coefficient (Wildman–Crippen LogP) is 2.98. The smallest absolute Gasteiger partial charge is 0.126 e. The number of ether oxygens (including phenoxy) is 2. The Kier molecular flexibility index (Phi) is 5.48. The molecule has 0 saturated heterocycles. The first-order valence-corrected chi connectivity index (χ1v) is 6.49. The van der Waals surface area contributed by atoms with Crippen LogP contribution in [0.5, 0.6) is 11.5 Å². The van der Waals surface area contributed by atoms with Gasteiger partial charge in [-0.2, -0.15) is 0 Å². The Morgan fingerprint density at radius 2 is 1.67 bits per heavy atom. The van der Waals surface area contributed by atoms with E-state index in [9.17, 15) is 0 Å². The molecule has 0 aliphatic rings. The zero-order valence-electron chi connectivity index (χ0n) is 12.2. The molecule has 3 heteroatoms. The third-order valence-corrected chi connectivity index (χ3v) is 3.28. The Morgan fingerprint density at radius 3 is 2.11 bits per heavy atom. The molecule has 102 valence electrons. The van der Waals surface area contributed by atoms with E-state index in [0.29, 0.717) is 0 Å². The monoisotopic (exact) mass is 251 g/mol. The Balaban J connectivity index is 3.04. The van der Waals surface area contributed by atoms with Crippen LogP contribution >= 0.6 is 0 Å². The summed E-state index contributed by atoms with van der Waals surface area (Å²) in [6, 6.07) is 5.95. The van der Waals surface area contributed by atoms with Crippen molar-refractivity contribution in [1.82, 2.24) is 5.32 Å². The van der Waals surface area contributed by atoms with E-state index in [4.69, 9.17) is 9.47 Å². The molecule has 0 aliphatic carbocycles. The maximum atomic E-state index is 5.48. The van der Waals surface area contributed by atoms with E-state index in [2.05, 4.69) is 26.1 Å². The van der Waals surface area contributed by atoms with Crippen LogP contribution in [0, 0.1) is 0 Å². The molecule has 0 spiro atoms. The number of methoxy groups -OCH3 is 2. The normalized spacial score (nSPS) is 11.4. The molecule has 0 aliphatic heterocycles. The molecule has 18 heavy (non-hydrogen) atoms. The van der Waals surface area contributed by atoms with Crippen LogP contribution < -0.4 is 14.8 Å². The third-order valence-electron chi connectivity index (χ3n) is 3.28. The second kappa shape index (κ2) is 6.64. The molecule has 1 aromatic carbocycles. The lowest BCUT2D eigenvalue weighted by Crippen LogP contribution is -2.26. The van der Waals surface area contributed by atoms with Crippen molar-refractivity contribution >= 4 is 0 Å². The highest BCUT2D eigenvalue weighted by Crippen LogP contribution is 2.40. The van der Waals surface area contributed by atoms with Gasteiger partial charge in [-0.1, -0.05) is 26.8 Å². The van der Waals surface area contributed by atoms with Crippen LogP contribution in [0.1, 0.15) is 32.8 Å². The summed E-state index contributed by atoms with van der Waals surface area (Å²) in [5.74, 6) is 1.80. The molecule has 1 aromatic rings. The van der Waals surface area contributed by atoms with Crippen molar-refractivity contribution in [1.29, 1.82) is 0 Å². The molecule has 3 nitrogen and oxygen atoms in total. The van der Waals surface area contributed by atoms with Gasteiger partial charge in [0.1, 0.15) is 11.5 Å². The highest BCUT2D eigenvalue weighted by atomic mass is 16.5. The zero-order valence-corrected chi connectivity index (χ0v) is 12.2. The van der Waals surface area contributed by atoms with Gasteiger partial charge in [0.15, 0.2) is 0 Å². The second-order valence-electron chi connectivity index (χ2n) is 5.02. The molecule has 0 fully saturated rings. The first-order valence-electron chi connectivity index (χ1n) is 6.49. The molecule has 0 atom stereocenters. The van der Waals surface area contributed by atoms with Gasteiger partial charge in [-0.15, -0.1) is 0 Å². The van der Waals surface area contributed by atoms with Gasteiger partial charge in [-0.3, -0.25) is 0 Å². The fourth-order valence-electron chi connectivity index (χ4n) is 2.22. The number of rotatable bonds is 7. The minimum atomic E-state index is 0.0140. The van der Waals surface area contributed by atoms with Crippen LogP contribution in [-0.4, -0.2) is 27.3 Å². The maximum Gasteiger partial charge on any atom is 0.126 e. The lowest BCUT2D eigenvalue weighted by molar-refractivity contribution is 0.352. The average Bonchev–Trinajstić information content (AvgIpc) is 2.37. The lowest BCUT2D eigenvalue weighted by Gasteiger charge is -2.29. The second-order valence-corrected chi connectivity index (χ2v) is 5.02. The van der Waals surface area contributed by atoms with Gasteiger partial charge in [-0.25, -0.2) is 0 Å². The Bertz CT molecular complexity index is 353. The number of hydrogen-bond acceptors (Lipinski definition) is 3. The van der Waals surface area contributed by atoms with Crippen molar-refractivity contribution in [2.45, 2.75) is 32.6 Å². The van der Waals surface area contributed by atoms with Crippen LogP contribution in [0.2, 0.25) is 0 Å². The highest BCUT2D eigenvalue weighted by Gasteiger charge is 2.27. The standard InChI is InChI=1S/C15H25NO2/c1-6-16-11-10-15(2,3)14-12(17-4)8-7-9-13(14)18-5/h7-9,16H,6,10-11H2,1-5H3. The molecular formula is C15H25NO2. The molecule has 0 radical (unpaired) electrons. The molecule has 0 saturated carbocycles. The van der Waals surface area contributed by atoms with Crippen LogP contribution in [0.3, 0.4) is 0 Å². The summed E-state index contributed by atoms with van der Waals surface area (Å²) in [5.41, 5.74) is 1.16. The number of nitrogens with one attached hydrogen (secondary N) is 1. The van der Waals surface area contributed by atoms with Crippen LogP contribution in [0.15, 0.2) is 18.2 Å². The van der Waals surface area contributed by atoms with E-state index in [1.54, 1.807) is 14.2 Å². The van der Waals surface area contributed by atoms with E-state index in [-0.39, 0.29) is 5.41 Å². The largest absolute Gasteiger partial charge is 0.496 e. The maximum absolute atomic E-state index is 5.48. The first-order chi connectivity index (χ1) is 8.56. The van der Waals surface area contributed by atoms with Crippen LogP contribution in [0.4, 0.5) is 0 Å². The molecule has 0 unspecified atom stereocenters. The molecule has 0 aromatic heterocycles. The van der Waals surface area contributed by atoms with E-state index >= 15 is 0 Å². The average molecular weight is 251 g/mol. The predicted molar refractivity (Wildman–Crippen MR) is 75.7 cm³/mol. The molecule has 0 bridgehead atoms. The van der Waals surface area contributed by atoms with E-state index < -0.39 is 0 Å². The van der Waals surface area contributed by atoms with Gasteiger partial charge < -0.3 is 14.8 Å². The summed E-state index contributed by atoms with van der Waals surface area (Å²) >= 11 is 0. The van der Waals surface area contributed by atoms with Gasteiger partial charge >= 0.3 is 0 Å². The van der Waals surface area contributed by atoms with Crippen molar-refractivity contribution in [2.75, 3.05) is 27.3 Å². The number of benzene rings is 1. The van der Waals surface area contributed by atoms with Crippen molar-refractivity contribution < 1.29 is 9.47 Å². The first kappa shape index (κ1) is 14.8. The minimum Gasteiger partial charge on any atom is -0.496 e. The molecular weight excluding hydrogens is 226 g/mol. The Labute approximate surface area is 110 Å². The van der Waals surface area contributed by atoms with E-state index in [0.717, 1.165) is 36.6 Å². The minimum absolute atomic E-state index is 0.0140. The van der Waals surface area contributed by atoms with E-state index in [1.807, 2.05) is 18.2 Å². The molecule has 1 rings (SSSR count). The van der Waals surface area contributed by atoms with E-state index in [1.165, 1.54) is 0 Å². The van der Waals surface area contributed by atoms with Crippen molar-refractivity contribution in [3.8, 4) is 11.5 Å². The summed E-state index contributed by atoms with van der Waals surface area (Å²) in [6.07, 6.45) is 1.04. The van der Waals surface area contributed by atoms with Crippen molar-refractivity contribution in [3.63, 3.8) is 0 Å². The van der Waals surface area contributed by atoms with Crippen molar-refractivity contribution in [2.24, 2.45) is 0 Å². The quantitative estimate of drug-likeness (QED) is 0.756. The van der Waals surface area contributed by atoms with Gasteiger partial charge in [0, 0.05) is 5.56 Å². The summed E-state index contributed by atoms with van der Waals surface area (Å²) in [7, 11) is 3.41. The topological polar surface area (TPSA) is 30.5 Å². The third kappa shape index (κ3) is 3.39. The summed E-state index contributed by atoms with van der Waals surface area (Å²) in [4.78, 5) is 0. The molecule has 0 heterocycles. The fourth-order valence-corrected chi connectivity index (χ4v) is 2.22. The molecule has 1 N–H and O–H groups in total. The fraction of sp³-hybridized carbons (Fsp3) is 0.600. The van der Waals surface area contributed by atoms with Gasteiger partial charge in [0.25, 0.3) is 0 Å². The van der Waals surface area contributed by atoms with Gasteiger partial charge in [-0.05, 0) is 37.1 Å². The van der Waals surface area contributed by atoms with Crippen LogP contribution in [-0.2, 0) is 5.41 Å². The number of hydrogen-bond donors (Lipinski definition) is 1. The van der Waals surface area contributed by atoms with Gasteiger partial charge in [0.2, 0.25) is 0 Å². The van der Waals surface area contributed by atoms with Crippen LogP contribution in [0.25, 0.3) is 0 Å².